The number of rotatable bonds is 6. The van der Waals surface area contributed by atoms with Crippen LogP contribution in [0.5, 0.6) is 11.5 Å². The summed E-state index contributed by atoms with van der Waals surface area (Å²) in [4.78, 5) is 41.8. The number of aliphatic hydroxyl groups excluding tert-OH is 2. The summed E-state index contributed by atoms with van der Waals surface area (Å²) < 4.78 is 16.9. The summed E-state index contributed by atoms with van der Waals surface area (Å²) in [6.45, 7) is 6.54. The van der Waals surface area contributed by atoms with E-state index in [1.54, 1.807) is 6.08 Å². The van der Waals surface area contributed by atoms with E-state index in [0.29, 0.717) is 35.9 Å². The first-order chi connectivity index (χ1) is 25.8. The molecule has 2 heterocycles. The van der Waals surface area contributed by atoms with E-state index in [-0.39, 0.29) is 77.5 Å². The number of piperidine rings is 2. The molecule has 2 fully saturated rings. The van der Waals surface area contributed by atoms with Gasteiger partial charge in [0.05, 0.1) is 20.3 Å². The molecule has 0 radical (unpaired) electrons. The summed E-state index contributed by atoms with van der Waals surface area (Å²) in [5, 5.41) is 39.4. The maximum absolute atomic E-state index is 12.7. The third-order valence-corrected chi connectivity index (χ3v) is 12.5. The van der Waals surface area contributed by atoms with Crippen LogP contribution in [-0.4, -0.2) is 114 Å². The third-order valence-electron chi connectivity index (χ3n) is 12.5. The van der Waals surface area contributed by atoms with Crippen molar-refractivity contribution in [3.05, 3.63) is 82.1 Å². The van der Waals surface area contributed by atoms with E-state index >= 15 is 0 Å². The summed E-state index contributed by atoms with van der Waals surface area (Å²) in [5.41, 5.74) is 2.04. The van der Waals surface area contributed by atoms with Gasteiger partial charge in [-0.25, -0.2) is 0 Å². The highest BCUT2D eigenvalue weighted by atomic mass is 16.5. The van der Waals surface area contributed by atoms with Gasteiger partial charge < -0.3 is 34.6 Å². The molecule has 0 amide bonds. The number of carbonyl (C=O) groups excluding carboxylic acids is 3. The zero-order valence-electron chi connectivity index (χ0n) is 32.1. The molecule has 2 saturated heterocycles. The second-order valence-electron chi connectivity index (χ2n) is 15.4. The lowest BCUT2D eigenvalue weighted by atomic mass is 9.52. The summed E-state index contributed by atoms with van der Waals surface area (Å²) in [6.07, 6.45) is 12.6. The average Bonchev–Trinajstić information content (AvgIpc) is 3.16. The van der Waals surface area contributed by atoms with Crippen LogP contribution in [0.1, 0.15) is 69.6 Å². The molecule has 1 aromatic rings. The molecule has 2 unspecified atom stereocenters. The van der Waals surface area contributed by atoms with Crippen LogP contribution in [0.2, 0.25) is 0 Å². The second-order valence-corrected chi connectivity index (χ2v) is 15.4. The number of phenolic OH excluding ortho intramolecular Hbond substituents is 2. The SMILES string of the molecule is CCCO.CCCO[C@@H]1c2ccc(O)c(O)c2[C@@]23CCN(C)[C@@H]1C2C=C(OC)C(=O)C3.COC1=CC2[C@@H]3C=C4C=CC(=O)C(O)=C4[C@]2(CCN3C)CC1=O. The number of nitrogens with zero attached hydrogens (tertiary/aromatic N) is 2. The molecule has 12 heteroatoms. The first-order valence-corrected chi connectivity index (χ1v) is 19.0. The number of carbonyl (C=O) groups is 3. The summed E-state index contributed by atoms with van der Waals surface area (Å²) in [6, 6.07) is 3.53. The highest BCUT2D eigenvalue weighted by Gasteiger charge is 2.60. The minimum atomic E-state index is -0.541. The predicted molar refractivity (Wildman–Crippen MR) is 201 cm³/mol. The van der Waals surface area contributed by atoms with E-state index < -0.39 is 10.8 Å². The molecular weight excluding hydrogens is 692 g/mol. The minimum absolute atomic E-state index is 0.0223. The third kappa shape index (κ3) is 6.30. The molecule has 8 rings (SSSR count). The van der Waals surface area contributed by atoms with E-state index in [9.17, 15) is 29.7 Å². The van der Waals surface area contributed by atoms with Gasteiger partial charge in [0.25, 0.3) is 0 Å². The van der Waals surface area contributed by atoms with Crippen molar-refractivity contribution in [1.29, 1.82) is 0 Å². The molecule has 54 heavy (non-hydrogen) atoms. The Morgan fingerprint density at radius 1 is 0.815 bits per heavy atom. The Kier molecular flexibility index (Phi) is 11.3. The van der Waals surface area contributed by atoms with Gasteiger partial charge in [0, 0.05) is 71.9 Å². The first kappa shape index (κ1) is 39.5. The summed E-state index contributed by atoms with van der Waals surface area (Å²) >= 11 is 0. The Labute approximate surface area is 317 Å². The van der Waals surface area contributed by atoms with Crippen molar-refractivity contribution in [2.75, 3.05) is 54.6 Å². The van der Waals surface area contributed by atoms with Gasteiger partial charge in [-0.2, -0.15) is 0 Å². The van der Waals surface area contributed by atoms with E-state index in [2.05, 4.69) is 36.9 Å². The lowest BCUT2D eigenvalue weighted by Crippen LogP contribution is -2.62. The zero-order valence-corrected chi connectivity index (χ0v) is 32.1. The highest BCUT2D eigenvalue weighted by Crippen LogP contribution is 2.61. The fourth-order valence-corrected chi connectivity index (χ4v) is 9.95. The van der Waals surface area contributed by atoms with Gasteiger partial charge in [-0.15, -0.1) is 0 Å². The molecule has 2 aliphatic heterocycles. The quantitative estimate of drug-likeness (QED) is 0.297. The standard InChI is InChI=1S/C21H27NO5.C18H19NO4.C3H8O/c1-4-9-27-20-12-5-6-14(23)19(25)17(12)21-7-8-22(2)18(20)13(21)10-16(26-3)15(24)11-21;1-19-6-5-18-9-14(21)15(23-2)8-11(18)12(19)7-10-3-4-13(20)17(22)16(10)18;1-2-3-4/h5-6,10,13,18,20,23,25H,4,7-9,11H2,1-3H3;3-4,7-8,11-12,22H,5-6,9H2,1-2H3;4H,2-3H2,1H3/t13?,18-,20-,21-;11?,12-,18+;/m10./s1. The van der Waals surface area contributed by atoms with Gasteiger partial charge in [0.2, 0.25) is 5.78 Å². The van der Waals surface area contributed by atoms with Crippen molar-refractivity contribution in [3.63, 3.8) is 0 Å². The molecule has 7 atom stereocenters. The lowest BCUT2D eigenvalue weighted by Gasteiger charge is -2.58. The van der Waals surface area contributed by atoms with Crippen molar-refractivity contribution in [2.45, 2.75) is 76.0 Å². The molecule has 0 aromatic heterocycles. The number of ketones is 3. The van der Waals surface area contributed by atoms with Gasteiger partial charge in [-0.1, -0.05) is 32.1 Å². The lowest BCUT2D eigenvalue weighted by molar-refractivity contribution is -0.126. The van der Waals surface area contributed by atoms with Crippen LogP contribution in [0.25, 0.3) is 0 Å². The van der Waals surface area contributed by atoms with Crippen molar-refractivity contribution in [2.24, 2.45) is 17.3 Å². The number of phenols is 2. The number of allylic oxidation sites excluding steroid dienone is 6. The van der Waals surface area contributed by atoms with E-state index in [1.807, 2.05) is 25.1 Å². The van der Waals surface area contributed by atoms with E-state index in [0.717, 1.165) is 49.9 Å². The number of methoxy groups -OCH3 is 2. The van der Waals surface area contributed by atoms with Crippen molar-refractivity contribution in [3.8, 4) is 11.5 Å². The Balaban J connectivity index is 0.000000169. The number of hydrogen-bond donors (Lipinski definition) is 4. The minimum Gasteiger partial charge on any atom is -0.504 e. The largest absolute Gasteiger partial charge is 0.504 e. The van der Waals surface area contributed by atoms with Crippen molar-refractivity contribution >= 4 is 17.3 Å². The molecule has 4 bridgehead atoms. The molecule has 0 spiro atoms. The van der Waals surface area contributed by atoms with E-state index in [1.165, 1.54) is 26.4 Å². The number of aliphatic hydroxyl groups is 2. The van der Waals surface area contributed by atoms with Crippen LogP contribution in [0.4, 0.5) is 0 Å². The van der Waals surface area contributed by atoms with Crippen LogP contribution < -0.4 is 0 Å². The van der Waals surface area contributed by atoms with Crippen molar-refractivity contribution in [1.82, 2.24) is 9.80 Å². The molecule has 5 aliphatic carbocycles. The number of aromatic hydroxyl groups is 2. The van der Waals surface area contributed by atoms with Gasteiger partial charge in [-0.3, -0.25) is 24.2 Å². The van der Waals surface area contributed by atoms with Crippen LogP contribution in [0.3, 0.4) is 0 Å². The number of benzene rings is 1. The Hall–Kier alpha value is -4.23. The normalized spacial score (nSPS) is 32.2. The summed E-state index contributed by atoms with van der Waals surface area (Å²) in [5.74, 6) is -0.205. The maximum Gasteiger partial charge on any atom is 0.220 e. The molecule has 292 valence electrons. The monoisotopic (exact) mass is 746 g/mol. The number of likely N-dealkylation sites (tertiary alicyclic amines) is 2. The predicted octanol–water partition coefficient (Wildman–Crippen LogP) is 4.72. The second kappa shape index (κ2) is 15.5. The number of Topliss-reactive ketones (excluding diaryl/α,β-unsaturated/α-hetero) is 2. The van der Waals surface area contributed by atoms with Gasteiger partial charge >= 0.3 is 0 Å². The Morgan fingerprint density at radius 2 is 1.43 bits per heavy atom. The maximum atomic E-state index is 12.7. The molecule has 4 N–H and O–H groups in total. The molecule has 7 aliphatic rings. The Bertz CT molecular complexity index is 1840. The zero-order chi connectivity index (χ0) is 39.1. The topological polar surface area (TPSA) is 166 Å². The first-order valence-electron chi connectivity index (χ1n) is 19.0. The summed E-state index contributed by atoms with van der Waals surface area (Å²) in [7, 11) is 7.18. The number of ether oxygens (including phenoxy) is 3. The number of fused-ring (bicyclic) bond motifs is 2. The average molecular weight is 747 g/mol. The Morgan fingerprint density at radius 3 is 2.06 bits per heavy atom. The van der Waals surface area contributed by atoms with Crippen LogP contribution >= 0.6 is 0 Å². The van der Waals surface area contributed by atoms with Gasteiger partial charge in [0.15, 0.2) is 40.3 Å². The smallest absolute Gasteiger partial charge is 0.220 e. The van der Waals surface area contributed by atoms with Gasteiger partial charge in [0.1, 0.15) is 0 Å². The molecule has 0 saturated carbocycles. The van der Waals surface area contributed by atoms with Gasteiger partial charge in [-0.05, 0) is 88.3 Å². The molecule has 12 nitrogen and oxygen atoms in total. The highest BCUT2D eigenvalue weighted by molar-refractivity contribution is 6.06. The van der Waals surface area contributed by atoms with Crippen LogP contribution in [0, 0.1) is 17.3 Å². The van der Waals surface area contributed by atoms with E-state index in [4.69, 9.17) is 19.3 Å². The van der Waals surface area contributed by atoms with Crippen LogP contribution in [0.15, 0.2) is 70.9 Å². The number of hydrogen-bond acceptors (Lipinski definition) is 12. The fourth-order valence-electron chi connectivity index (χ4n) is 9.95. The van der Waals surface area contributed by atoms with Crippen LogP contribution in [-0.2, 0) is 34.0 Å². The fraction of sp³-hybridized carbons (Fsp3) is 0.548. The molecule has 1 aromatic carbocycles. The van der Waals surface area contributed by atoms with Crippen molar-refractivity contribution < 1.29 is 49.0 Å². The number of likely N-dealkylation sites (N-methyl/N-ethyl adjacent to an activating group) is 2. The molecular formula is C42H54N2O10.